The lowest BCUT2D eigenvalue weighted by Gasteiger charge is -2.23. The number of benzene rings is 2. The summed E-state index contributed by atoms with van der Waals surface area (Å²) in [4.78, 5) is 4.71. The smallest absolute Gasteiger partial charge is 0.161 e. The van der Waals surface area contributed by atoms with Gasteiger partial charge in [0.1, 0.15) is 0 Å². The molecule has 0 radical (unpaired) electrons. The van der Waals surface area contributed by atoms with E-state index in [9.17, 15) is 0 Å². The third-order valence-electron chi connectivity index (χ3n) is 3.63. The van der Waals surface area contributed by atoms with Crippen LogP contribution >= 0.6 is 11.8 Å². The first kappa shape index (κ1) is 12.5. The summed E-state index contributed by atoms with van der Waals surface area (Å²) in [6.07, 6.45) is 0. The van der Waals surface area contributed by atoms with Crippen LogP contribution in [0.3, 0.4) is 0 Å². The van der Waals surface area contributed by atoms with Gasteiger partial charge in [0.2, 0.25) is 0 Å². The first-order valence-corrected chi connectivity index (χ1v) is 7.67. The molecule has 0 aliphatic carbocycles. The molecular weight excluding hydrogens is 252 g/mol. The van der Waals surface area contributed by atoms with Crippen LogP contribution in [-0.4, -0.2) is 17.0 Å². The Morgan fingerprint density at radius 3 is 2.68 bits per heavy atom. The van der Waals surface area contributed by atoms with Gasteiger partial charge in [0.15, 0.2) is 5.17 Å². The van der Waals surface area contributed by atoms with Crippen molar-refractivity contribution in [3.8, 4) is 0 Å². The third-order valence-corrected chi connectivity index (χ3v) is 4.80. The van der Waals surface area contributed by atoms with Crippen LogP contribution in [0.25, 0.3) is 10.8 Å². The van der Waals surface area contributed by atoms with E-state index in [1.165, 1.54) is 10.8 Å². The number of rotatable bonds is 1. The fourth-order valence-corrected chi connectivity index (χ4v) is 3.29. The number of hydrogen-bond donors (Lipinski definition) is 1. The molecule has 0 spiro atoms. The van der Waals surface area contributed by atoms with Crippen LogP contribution in [0.4, 0.5) is 5.69 Å². The summed E-state index contributed by atoms with van der Waals surface area (Å²) in [5.74, 6) is 1.80. The van der Waals surface area contributed by atoms with Crippen molar-refractivity contribution in [2.24, 2.45) is 10.9 Å². The molecule has 2 unspecified atom stereocenters. The SMILES string of the molecule is CC1CSC(Nc2ccc3ccccc3c2)=NC1C. The van der Waals surface area contributed by atoms with E-state index >= 15 is 0 Å². The molecule has 0 bridgehead atoms. The second-order valence-corrected chi connectivity index (χ2v) is 6.16. The van der Waals surface area contributed by atoms with Gasteiger partial charge < -0.3 is 5.32 Å². The summed E-state index contributed by atoms with van der Waals surface area (Å²) in [5.41, 5.74) is 1.12. The molecule has 0 fully saturated rings. The molecule has 1 aliphatic rings. The molecule has 1 N–H and O–H groups in total. The van der Waals surface area contributed by atoms with E-state index in [2.05, 4.69) is 61.6 Å². The Labute approximate surface area is 118 Å². The average molecular weight is 270 g/mol. The molecule has 0 amide bonds. The van der Waals surface area contributed by atoms with E-state index < -0.39 is 0 Å². The summed E-state index contributed by atoms with van der Waals surface area (Å²) >= 11 is 1.81. The highest BCUT2D eigenvalue weighted by Crippen LogP contribution is 2.25. The Hall–Kier alpha value is -1.48. The normalized spacial score (nSPS) is 23.2. The van der Waals surface area contributed by atoms with Crippen molar-refractivity contribution in [3.63, 3.8) is 0 Å². The van der Waals surface area contributed by atoms with Crippen molar-refractivity contribution in [1.82, 2.24) is 0 Å². The monoisotopic (exact) mass is 270 g/mol. The highest BCUT2D eigenvalue weighted by Gasteiger charge is 2.19. The number of anilines is 1. The summed E-state index contributed by atoms with van der Waals surface area (Å²) in [6.45, 7) is 4.44. The molecule has 2 aromatic rings. The molecule has 19 heavy (non-hydrogen) atoms. The van der Waals surface area contributed by atoms with Gasteiger partial charge in [-0.05, 0) is 35.7 Å². The second-order valence-electron chi connectivity index (χ2n) is 5.15. The van der Waals surface area contributed by atoms with Gasteiger partial charge in [0.05, 0.1) is 6.04 Å². The highest BCUT2D eigenvalue weighted by molar-refractivity contribution is 8.14. The molecule has 2 aromatic carbocycles. The summed E-state index contributed by atoms with van der Waals surface area (Å²) in [5, 5.41) is 7.01. The number of fused-ring (bicyclic) bond motifs is 1. The number of aliphatic imine (C=N–C) groups is 1. The number of hydrogen-bond acceptors (Lipinski definition) is 3. The molecule has 1 heterocycles. The predicted octanol–water partition coefficient (Wildman–Crippen LogP) is 4.38. The number of thioether (sulfide) groups is 1. The fraction of sp³-hybridized carbons (Fsp3) is 0.312. The van der Waals surface area contributed by atoms with Crippen LogP contribution in [0.1, 0.15) is 13.8 Å². The van der Waals surface area contributed by atoms with Gasteiger partial charge in [0, 0.05) is 11.4 Å². The van der Waals surface area contributed by atoms with Crippen molar-refractivity contribution in [1.29, 1.82) is 0 Å². The first-order chi connectivity index (χ1) is 9.22. The number of nitrogens with zero attached hydrogens (tertiary/aromatic N) is 1. The Bertz CT molecular complexity index is 621. The van der Waals surface area contributed by atoms with Gasteiger partial charge >= 0.3 is 0 Å². The van der Waals surface area contributed by atoms with E-state index in [1.54, 1.807) is 0 Å². The van der Waals surface area contributed by atoms with Gasteiger partial charge in [-0.15, -0.1) is 0 Å². The molecule has 0 saturated carbocycles. The number of amidine groups is 1. The van der Waals surface area contributed by atoms with Crippen molar-refractivity contribution in [3.05, 3.63) is 42.5 Å². The van der Waals surface area contributed by atoms with Crippen molar-refractivity contribution >= 4 is 33.4 Å². The van der Waals surface area contributed by atoms with Crippen LogP contribution in [0.15, 0.2) is 47.5 Å². The van der Waals surface area contributed by atoms with E-state index in [1.807, 2.05) is 11.8 Å². The van der Waals surface area contributed by atoms with Gasteiger partial charge in [-0.1, -0.05) is 49.0 Å². The Kier molecular flexibility index (Phi) is 3.47. The summed E-state index contributed by atoms with van der Waals surface area (Å²) in [6, 6.07) is 15.3. The molecule has 3 rings (SSSR count). The largest absolute Gasteiger partial charge is 0.335 e. The fourth-order valence-electron chi connectivity index (χ4n) is 2.16. The lowest BCUT2D eigenvalue weighted by atomic mass is 10.1. The second kappa shape index (κ2) is 5.25. The summed E-state index contributed by atoms with van der Waals surface area (Å²) in [7, 11) is 0. The standard InChI is InChI=1S/C16H18N2S/c1-11-10-19-16(17-12(11)2)18-15-8-7-13-5-3-4-6-14(13)9-15/h3-9,11-12H,10H2,1-2H3,(H,17,18). The minimum absolute atomic E-state index is 0.407. The van der Waals surface area contributed by atoms with Crippen LogP contribution in [0.5, 0.6) is 0 Å². The maximum atomic E-state index is 4.71. The Balaban J connectivity index is 1.84. The van der Waals surface area contributed by atoms with E-state index in [-0.39, 0.29) is 0 Å². The zero-order valence-electron chi connectivity index (χ0n) is 11.3. The van der Waals surface area contributed by atoms with Crippen LogP contribution < -0.4 is 5.32 Å². The maximum Gasteiger partial charge on any atom is 0.161 e. The molecule has 0 aromatic heterocycles. The highest BCUT2D eigenvalue weighted by atomic mass is 32.2. The van der Waals surface area contributed by atoms with Crippen molar-refractivity contribution < 1.29 is 0 Å². The zero-order chi connectivity index (χ0) is 13.2. The van der Waals surface area contributed by atoms with Gasteiger partial charge in [-0.25, -0.2) is 0 Å². The van der Waals surface area contributed by atoms with Gasteiger partial charge in [0.25, 0.3) is 0 Å². The first-order valence-electron chi connectivity index (χ1n) is 6.69. The molecule has 98 valence electrons. The minimum Gasteiger partial charge on any atom is -0.335 e. The molecule has 2 nitrogen and oxygen atoms in total. The average Bonchev–Trinajstić information content (AvgIpc) is 2.43. The molecule has 3 heteroatoms. The Morgan fingerprint density at radius 1 is 1.11 bits per heavy atom. The van der Waals surface area contributed by atoms with Crippen LogP contribution in [-0.2, 0) is 0 Å². The molecule has 0 saturated heterocycles. The Morgan fingerprint density at radius 2 is 1.89 bits per heavy atom. The molecule has 1 aliphatic heterocycles. The molecular formula is C16H18N2S. The predicted molar refractivity (Wildman–Crippen MR) is 86.1 cm³/mol. The lowest BCUT2D eigenvalue weighted by molar-refractivity contribution is 0.537. The molecule has 2 atom stereocenters. The summed E-state index contributed by atoms with van der Waals surface area (Å²) < 4.78 is 0. The number of nitrogens with one attached hydrogen (secondary N) is 1. The van der Waals surface area contributed by atoms with E-state index in [0.29, 0.717) is 12.0 Å². The lowest BCUT2D eigenvalue weighted by Crippen LogP contribution is -2.25. The van der Waals surface area contributed by atoms with Crippen LogP contribution in [0.2, 0.25) is 0 Å². The minimum atomic E-state index is 0.407. The van der Waals surface area contributed by atoms with Crippen molar-refractivity contribution in [2.45, 2.75) is 19.9 Å². The topological polar surface area (TPSA) is 24.4 Å². The third kappa shape index (κ3) is 2.76. The zero-order valence-corrected chi connectivity index (χ0v) is 12.1. The maximum absolute atomic E-state index is 4.71. The van der Waals surface area contributed by atoms with E-state index in [4.69, 9.17) is 4.99 Å². The quantitative estimate of drug-likeness (QED) is 0.831. The van der Waals surface area contributed by atoms with E-state index in [0.717, 1.165) is 16.6 Å². The van der Waals surface area contributed by atoms with Crippen molar-refractivity contribution in [2.75, 3.05) is 11.1 Å². The van der Waals surface area contributed by atoms with Gasteiger partial charge in [-0.3, -0.25) is 4.99 Å². The van der Waals surface area contributed by atoms with Gasteiger partial charge in [-0.2, -0.15) is 0 Å². The van der Waals surface area contributed by atoms with Crippen LogP contribution in [0, 0.1) is 5.92 Å².